The van der Waals surface area contributed by atoms with Crippen molar-refractivity contribution in [1.29, 1.82) is 0 Å². The molecule has 184 valence electrons. The van der Waals surface area contributed by atoms with Gasteiger partial charge in [0.2, 0.25) is 5.91 Å². The van der Waals surface area contributed by atoms with E-state index in [0.29, 0.717) is 25.2 Å². The molecule has 3 aromatic rings. The van der Waals surface area contributed by atoms with Crippen LogP contribution in [0.2, 0.25) is 0 Å². The van der Waals surface area contributed by atoms with Gasteiger partial charge in [-0.1, -0.05) is 30.3 Å². The van der Waals surface area contributed by atoms with Crippen LogP contribution in [0.15, 0.2) is 48.5 Å². The number of aromatic nitrogens is 2. The van der Waals surface area contributed by atoms with E-state index >= 15 is 0 Å². The molecule has 0 saturated heterocycles. The lowest BCUT2D eigenvalue weighted by Crippen LogP contribution is -2.36. The van der Waals surface area contributed by atoms with Gasteiger partial charge in [0.1, 0.15) is 23.9 Å². The van der Waals surface area contributed by atoms with E-state index in [1.54, 1.807) is 20.3 Å². The van der Waals surface area contributed by atoms with Gasteiger partial charge in [-0.2, -0.15) is 5.10 Å². The van der Waals surface area contributed by atoms with Gasteiger partial charge in [0.25, 0.3) is 0 Å². The van der Waals surface area contributed by atoms with Crippen molar-refractivity contribution in [2.45, 2.75) is 44.9 Å². The van der Waals surface area contributed by atoms with E-state index in [1.165, 1.54) is 6.07 Å². The second kappa shape index (κ2) is 10.2. The van der Waals surface area contributed by atoms with Gasteiger partial charge in [0.05, 0.1) is 25.0 Å². The molecule has 0 atom stereocenters. The lowest BCUT2D eigenvalue weighted by molar-refractivity contribution is -0.136. The maximum Gasteiger partial charge on any atom is 0.249 e. The van der Waals surface area contributed by atoms with Gasteiger partial charge in [0.15, 0.2) is 0 Å². The minimum Gasteiger partial charge on any atom is -0.494 e. The number of carbonyl (C=O) groups is 1. The van der Waals surface area contributed by atoms with Gasteiger partial charge in [0, 0.05) is 50.3 Å². The zero-order valence-corrected chi connectivity index (χ0v) is 20.2. The Labute approximate surface area is 205 Å². The van der Waals surface area contributed by atoms with Crippen molar-refractivity contribution in [2.75, 3.05) is 27.4 Å². The molecule has 0 unspecified atom stereocenters. The fourth-order valence-electron chi connectivity index (χ4n) is 4.85. The molecule has 1 fully saturated rings. The van der Waals surface area contributed by atoms with Crippen LogP contribution >= 0.6 is 0 Å². The highest BCUT2D eigenvalue weighted by Crippen LogP contribution is 2.33. The minimum atomic E-state index is -0.187. The van der Waals surface area contributed by atoms with Crippen molar-refractivity contribution in [3.63, 3.8) is 0 Å². The molecule has 1 saturated carbocycles. The van der Waals surface area contributed by atoms with Crippen molar-refractivity contribution in [3.8, 4) is 11.4 Å². The minimum absolute atomic E-state index is 0.0189. The van der Waals surface area contributed by atoms with Crippen LogP contribution in [0.25, 0.3) is 5.69 Å². The van der Waals surface area contributed by atoms with Gasteiger partial charge in [-0.15, -0.1) is 0 Å². The fourth-order valence-corrected chi connectivity index (χ4v) is 4.85. The van der Waals surface area contributed by atoms with E-state index in [4.69, 9.17) is 14.6 Å². The molecule has 35 heavy (non-hydrogen) atoms. The van der Waals surface area contributed by atoms with E-state index in [-0.39, 0.29) is 24.4 Å². The Bertz CT molecular complexity index is 1210. The smallest absolute Gasteiger partial charge is 0.249 e. The number of methoxy groups -OCH3 is 2. The Kier molecular flexibility index (Phi) is 6.83. The third-order valence-corrected chi connectivity index (χ3v) is 6.78. The second-order valence-electron chi connectivity index (χ2n) is 9.19. The van der Waals surface area contributed by atoms with Crippen molar-refractivity contribution in [3.05, 3.63) is 76.9 Å². The summed E-state index contributed by atoms with van der Waals surface area (Å²) in [7, 11) is 3.20. The highest BCUT2D eigenvalue weighted by atomic mass is 19.1. The first kappa shape index (κ1) is 23.5. The maximum absolute atomic E-state index is 14.3. The Morgan fingerprint density at radius 2 is 1.91 bits per heavy atom. The molecular weight excluding hydrogens is 447 g/mol. The van der Waals surface area contributed by atoms with Gasteiger partial charge in [-0.25, -0.2) is 9.07 Å². The Hall–Kier alpha value is -3.23. The standard InChI is InChI=1S/C27H31FN4O3/c1-34-18-27(33)31(20-11-12-20)17-23-21-16-30(15-19-7-3-4-8-22(19)28)14-13-24(21)32(29-23)25-9-5-6-10-26(25)35-2/h3-10,20H,11-18H2,1-2H3. The largest absolute Gasteiger partial charge is 0.494 e. The molecule has 2 heterocycles. The number of hydrogen-bond acceptors (Lipinski definition) is 5. The number of para-hydroxylation sites is 2. The Morgan fingerprint density at radius 3 is 2.66 bits per heavy atom. The van der Waals surface area contributed by atoms with Crippen molar-refractivity contribution >= 4 is 5.91 Å². The SMILES string of the molecule is COCC(=O)N(Cc1nn(-c2ccccc2OC)c2c1CN(Cc1ccccc1F)CC2)C1CC1. The highest BCUT2D eigenvalue weighted by molar-refractivity contribution is 5.78. The molecule has 0 spiro atoms. The summed E-state index contributed by atoms with van der Waals surface area (Å²) in [5, 5.41) is 5.02. The predicted molar refractivity (Wildman–Crippen MR) is 130 cm³/mol. The Morgan fingerprint density at radius 1 is 1.14 bits per heavy atom. The third-order valence-electron chi connectivity index (χ3n) is 6.78. The van der Waals surface area contributed by atoms with Crippen LogP contribution in [-0.4, -0.2) is 58.9 Å². The highest BCUT2D eigenvalue weighted by Gasteiger charge is 2.35. The van der Waals surface area contributed by atoms with Crippen LogP contribution in [-0.2, 0) is 35.6 Å². The van der Waals surface area contributed by atoms with Crippen LogP contribution < -0.4 is 4.74 Å². The number of carbonyl (C=O) groups excluding carboxylic acids is 1. The molecule has 0 N–H and O–H groups in total. The van der Waals surface area contributed by atoms with Crippen LogP contribution in [0.5, 0.6) is 5.75 Å². The lowest BCUT2D eigenvalue weighted by atomic mass is 10.0. The molecule has 1 aromatic heterocycles. The molecule has 5 rings (SSSR count). The number of nitrogens with zero attached hydrogens (tertiary/aromatic N) is 4. The van der Waals surface area contributed by atoms with Gasteiger partial charge in [-0.05, 0) is 31.0 Å². The number of halogens is 1. The van der Waals surface area contributed by atoms with Crippen LogP contribution in [0.3, 0.4) is 0 Å². The zero-order chi connectivity index (χ0) is 24.4. The number of benzene rings is 2. The molecular formula is C27H31FN4O3. The lowest BCUT2D eigenvalue weighted by Gasteiger charge is -2.29. The maximum atomic E-state index is 14.3. The monoisotopic (exact) mass is 478 g/mol. The zero-order valence-electron chi connectivity index (χ0n) is 20.2. The number of hydrogen-bond donors (Lipinski definition) is 0. The normalized spacial score (nSPS) is 15.6. The molecule has 1 amide bonds. The molecule has 1 aliphatic heterocycles. The van der Waals surface area contributed by atoms with Crippen LogP contribution in [0.1, 0.15) is 35.4 Å². The molecule has 2 aromatic carbocycles. The molecule has 1 aliphatic carbocycles. The van der Waals surface area contributed by atoms with E-state index in [1.807, 2.05) is 46.0 Å². The van der Waals surface area contributed by atoms with Crippen LogP contribution in [0, 0.1) is 5.82 Å². The first-order valence-corrected chi connectivity index (χ1v) is 12.1. The number of amides is 1. The van der Waals surface area contributed by atoms with E-state index in [0.717, 1.165) is 54.2 Å². The summed E-state index contributed by atoms with van der Waals surface area (Å²) < 4.78 is 27.1. The average molecular weight is 479 g/mol. The number of ether oxygens (including phenoxy) is 2. The molecule has 7 nitrogen and oxygen atoms in total. The third kappa shape index (κ3) is 4.94. The first-order chi connectivity index (χ1) is 17.1. The van der Waals surface area contributed by atoms with Gasteiger partial charge < -0.3 is 14.4 Å². The van der Waals surface area contributed by atoms with E-state index in [2.05, 4.69) is 4.90 Å². The number of fused-ring (bicyclic) bond motifs is 1. The van der Waals surface area contributed by atoms with Crippen molar-refractivity contribution < 1.29 is 18.7 Å². The average Bonchev–Trinajstić information content (AvgIpc) is 3.65. The molecule has 2 aliphatic rings. The van der Waals surface area contributed by atoms with Gasteiger partial charge in [-0.3, -0.25) is 9.69 Å². The summed E-state index contributed by atoms with van der Waals surface area (Å²) in [6, 6.07) is 15.0. The predicted octanol–water partition coefficient (Wildman–Crippen LogP) is 3.72. The van der Waals surface area contributed by atoms with Gasteiger partial charge >= 0.3 is 0 Å². The summed E-state index contributed by atoms with van der Waals surface area (Å²) in [5.41, 5.74) is 4.66. The molecule has 8 heteroatoms. The quantitative estimate of drug-likeness (QED) is 0.469. The summed E-state index contributed by atoms with van der Waals surface area (Å²) in [6.45, 7) is 2.46. The summed E-state index contributed by atoms with van der Waals surface area (Å²) in [5.74, 6) is 0.538. The van der Waals surface area contributed by atoms with Crippen molar-refractivity contribution in [2.24, 2.45) is 0 Å². The fraction of sp³-hybridized carbons (Fsp3) is 0.407. The first-order valence-electron chi connectivity index (χ1n) is 12.1. The topological polar surface area (TPSA) is 59.8 Å². The summed E-state index contributed by atoms with van der Waals surface area (Å²) in [6.07, 6.45) is 2.78. The Balaban J connectivity index is 1.50. The summed E-state index contributed by atoms with van der Waals surface area (Å²) >= 11 is 0. The van der Waals surface area contributed by atoms with Crippen molar-refractivity contribution in [1.82, 2.24) is 19.6 Å². The van der Waals surface area contributed by atoms with Crippen LogP contribution in [0.4, 0.5) is 4.39 Å². The van der Waals surface area contributed by atoms with E-state index in [9.17, 15) is 9.18 Å². The molecule has 0 radical (unpaired) electrons. The molecule has 0 bridgehead atoms. The second-order valence-corrected chi connectivity index (χ2v) is 9.19. The number of rotatable bonds is 9. The summed E-state index contributed by atoms with van der Waals surface area (Å²) in [4.78, 5) is 17.0. The van der Waals surface area contributed by atoms with E-state index < -0.39 is 0 Å².